The topological polar surface area (TPSA) is 114 Å². The summed E-state index contributed by atoms with van der Waals surface area (Å²) in [7, 11) is 2.98. The van der Waals surface area contributed by atoms with Gasteiger partial charge in [-0.3, -0.25) is 14.9 Å². The van der Waals surface area contributed by atoms with Crippen molar-refractivity contribution in [3.05, 3.63) is 63.2 Å². The van der Waals surface area contributed by atoms with Crippen molar-refractivity contribution in [2.24, 2.45) is 0 Å². The summed E-state index contributed by atoms with van der Waals surface area (Å²) in [6.07, 6.45) is 1.39. The zero-order valence-corrected chi connectivity index (χ0v) is 15.0. The molecule has 0 aliphatic heterocycles. The molecule has 0 unspecified atom stereocenters. The summed E-state index contributed by atoms with van der Waals surface area (Å²) >= 11 is 0. The number of hydrogen-bond acceptors (Lipinski definition) is 6. The van der Waals surface area contributed by atoms with E-state index in [1.807, 2.05) is 6.07 Å². The highest BCUT2D eigenvalue weighted by Crippen LogP contribution is 2.27. The van der Waals surface area contributed by atoms with E-state index >= 15 is 0 Å². The number of nitrogens with one attached hydrogen (secondary N) is 1. The van der Waals surface area contributed by atoms with E-state index in [-0.39, 0.29) is 11.3 Å². The first-order chi connectivity index (χ1) is 12.9. The van der Waals surface area contributed by atoms with Crippen LogP contribution in [0.25, 0.3) is 6.08 Å². The molecule has 0 aliphatic carbocycles. The number of nitriles is 1. The SMILES string of the molecule is COc1ccc(OC)c(C=C(C#N)C(=O)Nc2ccc([N+](=O)[O-])cc2C)c1. The number of nitrogens with zero attached hydrogens (tertiary/aromatic N) is 2. The number of amides is 1. The van der Waals surface area contributed by atoms with Crippen molar-refractivity contribution in [3.63, 3.8) is 0 Å². The second kappa shape index (κ2) is 8.49. The molecule has 138 valence electrons. The predicted octanol–water partition coefficient (Wildman–Crippen LogP) is 3.47. The first-order valence-corrected chi connectivity index (χ1v) is 7.79. The molecular weight excluding hydrogens is 350 g/mol. The molecule has 2 aromatic rings. The number of non-ortho nitro benzene ring substituents is 1. The van der Waals surface area contributed by atoms with E-state index in [0.29, 0.717) is 28.3 Å². The predicted molar refractivity (Wildman–Crippen MR) is 99.6 cm³/mol. The minimum absolute atomic E-state index is 0.0809. The quantitative estimate of drug-likeness (QED) is 0.362. The number of anilines is 1. The van der Waals surface area contributed by atoms with Crippen LogP contribution < -0.4 is 14.8 Å². The first kappa shape index (κ1) is 19.5. The Hall–Kier alpha value is -3.86. The van der Waals surface area contributed by atoms with E-state index in [1.165, 1.54) is 38.5 Å². The van der Waals surface area contributed by atoms with Gasteiger partial charge >= 0.3 is 0 Å². The molecule has 0 atom stereocenters. The minimum atomic E-state index is -0.640. The molecule has 2 aromatic carbocycles. The van der Waals surface area contributed by atoms with Crippen LogP contribution in [0, 0.1) is 28.4 Å². The summed E-state index contributed by atoms with van der Waals surface area (Å²) in [6.45, 7) is 1.63. The normalized spacial score (nSPS) is 10.7. The highest BCUT2D eigenvalue weighted by atomic mass is 16.6. The molecule has 2 rings (SSSR count). The van der Waals surface area contributed by atoms with Gasteiger partial charge in [0, 0.05) is 23.4 Å². The van der Waals surface area contributed by atoms with Crippen molar-refractivity contribution in [2.45, 2.75) is 6.92 Å². The van der Waals surface area contributed by atoms with E-state index in [2.05, 4.69) is 5.32 Å². The molecule has 0 radical (unpaired) electrons. The van der Waals surface area contributed by atoms with Gasteiger partial charge in [-0.1, -0.05) is 0 Å². The van der Waals surface area contributed by atoms with E-state index in [1.54, 1.807) is 25.1 Å². The zero-order valence-electron chi connectivity index (χ0n) is 15.0. The van der Waals surface area contributed by atoms with Crippen LogP contribution in [0.1, 0.15) is 11.1 Å². The van der Waals surface area contributed by atoms with Gasteiger partial charge in [0.25, 0.3) is 11.6 Å². The average Bonchev–Trinajstić information content (AvgIpc) is 2.67. The van der Waals surface area contributed by atoms with Gasteiger partial charge < -0.3 is 14.8 Å². The Kier molecular flexibility index (Phi) is 6.12. The van der Waals surface area contributed by atoms with Crippen LogP contribution in [0.4, 0.5) is 11.4 Å². The van der Waals surface area contributed by atoms with Crippen molar-refractivity contribution in [3.8, 4) is 17.6 Å². The number of aryl methyl sites for hydroxylation is 1. The fourth-order valence-electron chi connectivity index (χ4n) is 2.35. The number of hydrogen-bond donors (Lipinski definition) is 1. The number of carbonyl (C=O) groups excluding carboxylic acids is 1. The molecule has 0 heterocycles. The Morgan fingerprint density at radius 3 is 2.52 bits per heavy atom. The Labute approximate surface area is 155 Å². The lowest BCUT2D eigenvalue weighted by Crippen LogP contribution is -2.14. The van der Waals surface area contributed by atoms with Crippen molar-refractivity contribution >= 4 is 23.4 Å². The molecule has 8 nitrogen and oxygen atoms in total. The molecule has 0 saturated heterocycles. The van der Waals surface area contributed by atoms with E-state index in [9.17, 15) is 20.2 Å². The smallest absolute Gasteiger partial charge is 0.269 e. The van der Waals surface area contributed by atoms with Gasteiger partial charge in [0.05, 0.1) is 19.1 Å². The number of methoxy groups -OCH3 is 2. The molecule has 0 bridgehead atoms. The third-order valence-electron chi connectivity index (χ3n) is 3.77. The second-order valence-electron chi connectivity index (χ2n) is 5.49. The zero-order chi connectivity index (χ0) is 20.0. The van der Waals surface area contributed by atoms with Gasteiger partial charge in [0.1, 0.15) is 23.1 Å². The molecule has 1 amide bonds. The van der Waals surface area contributed by atoms with Gasteiger partial charge in [0.2, 0.25) is 0 Å². The van der Waals surface area contributed by atoms with Crippen LogP contribution in [0.3, 0.4) is 0 Å². The highest BCUT2D eigenvalue weighted by Gasteiger charge is 2.14. The van der Waals surface area contributed by atoms with Crippen LogP contribution in [-0.4, -0.2) is 25.1 Å². The fourth-order valence-corrected chi connectivity index (χ4v) is 2.35. The lowest BCUT2D eigenvalue weighted by atomic mass is 10.1. The standard InChI is InChI=1S/C19H17N3O5/c1-12-8-15(22(24)25)4-6-17(12)21-19(23)14(11-20)9-13-10-16(26-2)5-7-18(13)27-3/h4-10H,1-3H3,(H,21,23). The largest absolute Gasteiger partial charge is 0.497 e. The van der Waals surface area contributed by atoms with Crippen LogP contribution in [0.5, 0.6) is 11.5 Å². The minimum Gasteiger partial charge on any atom is -0.497 e. The van der Waals surface area contributed by atoms with E-state index < -0.39 is 10.8 Å². The van der Waals surface area contributed by atoms with Gasteiger partial charge in [0.15, 0.2) is 0 Å². The number of nitro groups is 1. The molecule has 0 aromatic heterocycles. The third-order valence-corrected chi connectivity index (χ3v) is 3.77. The molecular formula is C19H17N3O5. The molecule has 0 fully saturated rings. The van der Waals surface area contributed by atoms with Crippen molar-refractivity contribution in [2.75, 3.05) is 19.5 Å². The van der Waals surface area contributed by atoms with E-state index in [4.69, 9.17) is 9.47 Å². The average molecular weight is 367 g/mol. The van der Waals surface area contributed by atoms with E-state index in [0.717, 1.165) is 0 Å². The molecule has 27 heavy (non-hydrogen) atoms. The molecule has 1 N–H and O–H groups in total. The maximum atomic E-state index is 12.5. The molecule has 0 aliphatic rings. The summed E-state index contributed by atoms with van der Waals surface area (Å²) in [4.78, 5) is 22.7. The number of nitro benzene ring substituents is 1. The van der Waals surface area contributed by atoms with Crippen molar-refractivity contribution in [1.29, 1.82) is 5.26 Å². The van der Waals surface area contributed by atoms with Gasteiger partial charge in [-0.2, -0.15) is 5.26 Å². The third kappa shape index (κ3) is 4.61. The van der Waals surface area contributed by atoms with Crippen LogP contribution in [0.2, 0.25) is 0 Å². The van der Waals surface area contributed by atoms with Crippen LogP contribution in [0.15, 0.2) is 42.0 Å². The maximum absolute atomic E-state index is 12.5. The maximum Gasteiger partial charge on any atom is 0.269 e. The number of ether oxygens (including phenoxy) is 2. The van der Waals surface area contributed by atoms with Gasteiger partial charge in [-0.15, -0.1) is 0 Å². The monoisotopic (exact) mass is 367 g/mol. The Balaban J connectivity index is 2.33. The Bertz CT molecular complexity index is 960. The summed E-state index contributed by atoms with van der Waals surface area (Å²) in [5.74, 6) is 0.383. The summed E-state index contributed by atoms with van der Waals surface area (Å²) in [5, 5.41) is 22.8. The number of rotatable bonds is 6. The number of carbonyl (C=O) groups is 1. The lowest BCUT2D eigenvalue weighted by Gasteiger charge is -2.09. The Morgan fingerprint density at radius 1 is 1.22 bits per heavy atom. The molecule has 0 saturated carbocycles. The second-order valence-corrected chi connectivity index (χ2v) is 5.49. The first-order valence-electron chi connectivity index (χ1n) is 7.79. The summed E-state index contributed by atoms with van der Waals surface area (Å²) < 4.78 is 10.4. The van der Waals surface area contributed by atoms with Gasteiger partial charge in [-0.05, 0) is 42.8 Å². The van der Waals surface area contributed by atoms with Crippen LogP contribution in [-0.2, 0) is 4.79 Å². The number of benzene rings is 2. The fraction of sp³-hybridized carbons (Fsp3) is 0.158. The highest BCUT2D eigenvalue weighted by molar-refractivity contribution is 6.10. The van der Waals surface area contributed by atoms with Crippen molar-refractivity contribution < 1.29 is 19.2 Å². The summed E-state index contributed by atoms with van der Waals surface area (Å²) in [5.41, 5.74) is 1.16. The Morgan fingerprint density at radius 2 is 1.96 bits per heavy atom. The summed E-state index contributed by atoms with van der Waals surface area (Å²) in [6, 6.07) is 10.9. The molecule has 8 heteroatoms. The van der Waals surface area contributed by atoms with Gasteiger partial charge in [-0.25, -0.2) is 0 Å². The lowest BCUT2D eigenvalue weighted by molar-refractivity contribution is -0.384. The van der Waals surface area contributed by atoms with Crippen molar-refractivity contribution in [1.82, 2.24) is 0 Å². The van der Waals surface area contributed by atoms with Crippen LogP contribution >= 0.6 is 0 Å². The molecule has 0 spiro atoms.